The van der Waals surface area contributed by atoms with Crippen LogP contribution < -0.4 is 10.2 Å². The van der Waals surface area contributed by atoms with Crippen molar-refractivity contribution in [2.75, 3.05) is 31.2 Å². The maximum atomic E-state index is 12.5. The molecule has 2 aliphatic rings. The highest BCUT2D eigenvalue weighted by atomic mass is 35.5. The smallest absolute Gasteiger partial charge is 0.264 e. The van der Waals surface area contributed by atoms with Crippen LogP contribution in [0.2, 0.25) is 4.34 Å². The molecule has 1 aromatic carbocycles. The van der Waals surface area contributed by atoms with Crippen molar-refractivity contribution in [2.45, 2.75) is 19.1 Å². The van der Waals surface area contributed by atoms with Gasteiger partial charge in [0.25, 0.3) is 5.91 Å². The number of benzene rings is 1. The Morgan fingerprint density at radius 2 is 2.07 bits per heavy atom. The van der Waals surface area contributed by atoms with Crippen LogP contribution in [0.25, 0.3) is 0 Å². The molecule has 1 atom stereocenters. The van der Waals surface area contributed by atoms with E-state index in [0.717, 1.165) is 48.1 Å². The maximum Gasteiger partial charge on any atom is 0.264 e. The van der Waals surface area contributed by atoms with E-state index in [9.17, 15) is 4.79 Å². The molecule has 1 saturated heterocycles. The summed E-state index contributed by atoms with van der Waals surface area (Å²) in [5.74, 6) is -0.159. The molecule has 1 amide bonds. The number of morpholine rings is 1. The monoisotopic (exact) mass is 405 g/mol. The molecule has 4 rings (SSSR count). The Morgan fingerprint density at radius 1 is 1.26 bits per heavy atom. The van der Waals surface area contributed by atoms with Crippen molar-refractivity contribution >= 4 is 40.2 Å². The van der Waals surface area contributed by atoms with Gasteiger partial charge in [0, 0.05) is 31.7 Å². The highest BCUT2D eigenvalue weighted by Gasteiger charge is 2.29. The Kier molecular flexibility index (Phi) is 5.61. The number of rotatable bonds is 5. The maximum absolute atomic E-state index is 12.5. The fraction of sp³-hybridized carbons (Fsp3) is 0.368. The third-order valence-corrected chi connectivity index (χ3v) is 5.90. The number of nitrogens with zero attached hydrogens (tertiary/aromatic N) is 2. The van der Waals surface area contributed by atoms with E-state index in [1.165, 1.54) is 11.3 Å². The minimum Gasteiger partial charge on any atom is -0.382 e. The van der Waals surface area contributed by atoms with E-state index in [2.05, 4.69) is 21.4 Å². The third-order valence-electron chi connectivity index (χ3n) is 4.62. The summed E-state index contributed by atoms with van der Waals surface area (Å²) in [6.45, 7) is 3.62. The predicted octanol–water partition coefficient (Wildman–Crippen LogP) is 3.05. The van der Waals surface area contributed by atoms with Crippen molar-refractivity contribution in [1.82, 2.24) is 5.32 Å². The average Bonchev–Trinajstić information content (AvgIpc) is 3.36. The van der Waals surface area contributed by atoms with Crippen molar-refractivity contribution in [2.24, 2.45) is 5.16 Å². The van der Waals surface area contributed by atoms with E-state index >= 15 is 0 Å². The lowest BCUT2D eigenvalue weighted by Crippen LogP contribution is -2.38. The number of ether oxygens (including phenoxy) is 1. The lowest BCUT2D eigenvalue weighted by molar-refractivity contribution is -0.131. The van der Waals surface area contributed by atoms with Gasteiger partial charge in [0.05, 0.1) is 22.4 Å². The number of hydrogen-bond acceptors (Lipinski definition) is 6. The van der Waals surface area contributed by atoms with Crippen LogP contribution in [0, 0.1) is 0 Å². The molecule has 6 nitrogen and oxygen atoms in total. The van der Waals surface area contributed by atoms with Crippen LogP contribution in [0.4, 0.5) is 5.69 Å². The lowest BCUT2D eigenvalue weighted by atomic mass is 10.1. The van der Waals surface area contributed by atoms with Gasteiger partial charge in [-0.3, -0.25) is 4.79 Å². The number of oxime groups is 1. The first-order chi connectivity index (χ1) is 13.2. The molecule has 1 fully saturated rings. The van der Waals surface area contributed by atoms with Crippen LogP contribution in [0.15, 0.2) is 41.6 Å². The molecule has 1 N–H and O–H groups in total. The molecule has 1 aromatic heterocycles. The topological polar surface area (TPSA) is 63.2 Å². The molecule has 0 aliphatic carbocycles. The molecule has 2 aliphatic heterocycles. The summed E-state index contributed by atoms with van der Waals surface area (Å²) in [6, 6.07) is 11.8. The first-order valence-corrected chi connectivity index (χ1v) is 10.1. The Bertz CT molecular complexity index is 848. The van der Waals surface area contributed by atoms with Gasteiger partial charge in [0.15, 0.2) is 0 Å². The number of halogens is 1. The third kappa shape index (κ3) is 4.26. The summed E-state index contributed by atoms with van der Waals surface area (Å²) in [6.07, 6.45) is -0.148. The molecule has 2 aromatic rings. The standard InChI is InChI=1S/C19H20ClN3O3S/c20-18-6-5-17(27-18)14-11-16(26-22-14)19(24)21-12-13-3-1-2-4-15(13)23-7-9-25-10-8-23/h1-6,16H,7-12H2,(H,21,24)/t16-/m0/s1. The van der Waals surface area contributed by atoms with Gasteiger partial charge in [0.1, 0.15) is 5.71 Å². The summed E-state index contributed by atoms with van der Waals surface area (Å²) in [4.78, 5) is 21.1. The van der Waals surface area contributed by atoms with Crippen LogP contribution >= 0.6 is 22.9 Å². The molecule has 0 saturated carbocycles. The van der Waals surface area contributed by atoms with Gasteiger partial charge in [0.2, 0.25) is 6.10 Å². The minimum absolute atomic E-state index is 0.159. The summed E-state index contributed by atoms with van der Waals surface area (Å²) in [5, 5.41) is 7.03. The first-order valence-electron chi connectivity index (χ1n) is 8.87. The van der Waals surface area contributed by atoms with Gasteiger partial charge in [-0.05, 0) is 23.8 Å². The lowest BCUT2D eigenvalue weighted by Gasteiger charge is -2.30. The van der Waals surface area contributed by atoms with Gasteiger partial charge in [-0.1, -0.05) is 35.0 Å². The Morgan fingerprint density at radius 3 is 2.85 bits per heavy atom. The minimum atomic E-state index is -0.601. The zero-order valence-corrected chi connectivity index (χ0v) is 16.3. The molecule has 0 radical (unpaired) electrons. The fourth-order valence-electron chi connectivity index (χ4n) is 3.20. The molecule has 0 bridgehead atoms. The summed E-state index contributed by atoms with van der Waals surface area (Å²) in [7, 11) is 0. The van der Waals surface area contributed by atoms with Crippen molar-refractivity contribution in [3.05, 3.63) is 51.2 Å². The first kappa shape index (κ1) is 18.3. The van der Waals surface area contributed by atoms with Gasteiger partial charge >= 0.3 is 0 Å². The number of amides is 1. The van der Waals surface area contributed by atoms with E-state index in [4.69, 9.17) is 21.2 Å². The quantitative estimate of drug-likeness (QED) is 0.830. The number of nitrogens with one attached hydrogen (secondary N) is 1. The molecule has 142 valence electrons. The van der Waals surface area contributed by atoms with Crippen molar-refractivity contribution in [1.29, 1.82) is 0 Å². The van der Waals surface area contributed by atoms with Gasteiger partial charge in [-0.15, -0.1) is 11.3 Å². The van der Waals surface area contributed by atoms with E-state index in [1.807, 2.05) is 30.3 Å². The highest BCUT2D eigenvalue weighted by molar-refractivity contribution is 7.18. The van der Waals surface area contributed by atoms with E-state index in [-0.39, 0.29) is 5.91 Å². The molecular formula is C19H20ClN3O3S. The molecule has 3 heterocycles. The van der Waals surface area contributed by atoms with Gasteiger partial charge in [-0.2, -0.15) is 0 Å². The van der Waals surface area contributed by atoms with Crippen LogP contribution in [0.3, 0.4) is 0 Å². The van der Waals surface area contributed by atoms with Crippen LogP contribution in [0.1, 0.15) is 16.9 Å². The second-order valence-corrected chi connectivity index (χ2v) is 8.10. The summed E-state index contributed by atoms with van der Waals surface area (Å²) in [5.41, 5.74) is 2.98. The van der Waals surface area contributed by atoms with Gasteiger partial charge in [-0.25, -0.2) is 0 Å². The molecule has 0 unspecified atom stereocenters. The molecule has 0 spiro atoms. The van der Waals surface area contributed by atoms with E-state index in [1.54, 1.807) is 0 Å². The summed E-state index contributed by atoms with van der Waals surface area (Å²) < 4.78 is 6.12. The number of carbonyl (C=O) groups is 1. The van der Waals surface area contributed by atoms with Crippen LogP contribution in [-0.4, -0.2) is 44.0 Å². The van der Waals surface area contributed by atoms with Crippen molar-refractivity contribution in [3.8, 4) is 0 Å². The average molecular weight is 406 g/mol. The highest BCUT2D eigenvalue weighted by Crippen LogP contribution is 2.26. The van der Waals surface area contributed by atoms with Gasteiger partial charge < -0.3 is 19.8 Å². The van der Waals surface area contributed by atoms with Crippen LogP contribution in [-0.2, 0) is 20.9 Å². The van der Waals surface area contributed by atoms with E-state index < -0.39 is 6.10 Å². The Labute approximate surface area is 166 Å². The molecular weight excluding hydrogens is 386 g/mol. The SMILES string of the molecule is O=C(NCc1ccccc1N1CCOCC1)[C@@H]1CC(c2ccc(Cl)s2)=NO1. The Hall–Kier alpha value is -2.09. The second kappa shape index (κ2) is 8.29. The summed E-state index contributed by atoms with van der Waals surface area (Å²) >= 11 is 7.40. The fourth-order valence-corrected chi connectivity index (χ4v) is 4.24. The Balaban J connectivity index is 1.35. The zero-order valence-electron chi connectivity index (χ0n) is 14.7. The number of carbonyl (C=O) groups excluding carboxylic acids is 1. The number of thiophene rings is 1. The van der Waals surface area contributed by atoms with Crippen LogP contribution in [0.5, 0.6) is 0 Å². The van der Waals surface area contributed by atoms with Crippen molar-refractivity contribution in [3.63, 3.8) is 0 Å². The van der Waals surface area contributed by atoms with E-state index in [0.29, 0.717) is 17.3 Å². The molecule has 27 heavy (non-hydrogen) atoms. The van der Waals surface area contributed by atoms with Crippen molar-refractivity contribution < 1.29 is 14.4 Å². The number of hydrogen-bond donors (Lipinski definition) is 1. The number of para-hydroxylation sites is 1. The second-order valence-electron chi connectivity index (χ2n) is 6.39. The molecule has 8 heteroatoms. The number of anilines is 1. The largest absolute Gasteiger partial charge is 0.382 e. The predicted molar refractivity (Wildman–Crippen MR) is 107 cm³/mol. The zero-order chi connectivity index (χ0) is 18.6. The normalized spacial score (nSPS) is 19.5.